The highest BCUT2D eigenvalue weighted by molar-refractivity contribution is 5.08. The summed E-state index contributed by atoms with van der Waals surface area (Å²) in [7, 11) is 0. The summed E-state index contributed by atoms with van der Waals surface area (Å²) in [5.74, 6) is 0. The van der Waals surface area contributed by atoms with E-state index in [-0.39, 0.29) is 6.10 Å². The van der Waals surface area contributed by atoms with Crippen molar-refractivity contribution in [1.29, 1.82) is 5.26 Å². The van der Waals surface area contributed by atoms with Crippen LogP contribution in [0.2, 0.25) is 0 Å². The number of nitrogens with zero attached hydrogens (tertiary/aromatic N) is 1. The van der Waals surface area contributed by atoms with Crippen molar-refractivity contribution >= 4 is 0 Å². The molecule has 0 saturated carbocycles. The first-order chi connectivity index (χ1) is 6.95. The summed E-state index contributed by atoms with van der Waals surface area (Å²) in [5.41, 5.74) is -1.58. The molecule has 0 radical (unpaired) electrons. The van der Waals surface area contributed by atoms with E-state index in [9.17, 15) is 5.11 Å². The van der Waals surface area contributed by atoms with E-state index in [1.165, 1.54) is 0 Å². The van der Waals surface area contributed by atoms with E-state index in [1.807, 2.05) is 0 Å². The Morgan fingerprint density at radius 2 is 2.27 bits per heavy atom. The Labute approximate surface area is 92.0 Å². The topological polar surface area (TPSA) is 53.2 Å². The van der Waals surface area contributed by atoms with E-state index < -0.39 is 11.0 Å². The average Bonchev–Trinajstić information content (AvgIpc) is 2.18. The van der Waals surface area contributed by atoms with E-state index >= 15 is 0 Å². The third-order valence-electron chi connectivity index (χ3n) is 3.49. The number of rotatable bonds is 3. The molecule has 0 aliphatic carbocycles. The quantitative estimate of drug-likeness (QED) is 0.779. The lowest BCUT2D eigenvalue weighted by molar-refractivity contribution is -0.144. The van der Waals surface area contributed by atoms with Crippen molar-refractivity contribution in [3.8, 4) is 6.07 Å². The summed E-state index contributed by atoms with van der Waals surface area (Å²) in [6.45, 7) is 6.28. The van der Waals surface area contributed by atoms with Gasteiger partial charge in [0.25, 0.3) is 0 Å². The van der Waals surface area contributed by atoms with Crippen LogP contribution in [-0.2, 0) is 4.74 Å². The Bertz CT molecular complexity index is 255. The number of nitriles is 1. The van der Waals surface area contributed by atoms with Crippen molar-refractivity contribution in [2.75, 3.05) is 6.61 Å². The number of ether oxygens (including phenoxy) is 1. The van der Waals surface area contributed by atoms with Crippen LogP contribution in [0.3, 0.4) is 0 Å². The molecule has 1 N–H and O–H groups in total. The monoisotopic (exact) mass is 211 g/mol. The van der Waals surface area contributed by atoms with Gasteiger partial charge in [0, 0.05) is 19.4 Å². The van der Waals surface area contributed by atoms with Gasteiger partial charge in [-0.05, 0) is 20.3 Å². The molecule has 0 aromatic heterocycles. The maximum absolute atomic E-state index is 10.5. The van der Waals surface area contributed by atoms with Crippen LogP contribution in [0.4, 0.5) is 0 Å². The van der Waals surface area contributed by atoms with Gasteiger partial charge in [-0.2, -0.15) is 5.26 Å². The minimum Gasteiger partial charge on any atom is -0.388 e. The molecular weight excluding hydrogens is 190 g/mol. The number of hydrogen-bond acceptors (Lipinski definition) is 3. The molecule has 1 rings (SSSR count). The first kappa shape index (κ1) is 12.5. The van der Waals surface area contributed by atoms with Gasteiger partial charge in [0.15, 0.2) is 0 Å². The molecule has 86 valence electrons. The van der Waals surface area contributed by atoms with E-state index in [2.05, 4.69) is 13.0 Å². The molecule has 1 aliphatic rings. The second kappa shape index (κ2) is 4.51. The lowest BCUT2D eigenvalue weighted by Gasteiger charge is -2.43. The molecule has 0 aromatic rings. The van der Waals surface area contributed by atoms with Gasteiger partial charge in [-0.25, -0.2) is 0 Å². The summed E-state index contributed by atoms with van der Waals surface area (Å²) < 4.78 is 5.58. The van der Waals surface area contributed by atoms with Gasteiger partial charge >= 0.3 is 0 Å². The van der Waals surface area contributed by atoms with Gasteiger partial charge in [-0.15, -0.1) is 0 Å². The largest absolute Gasteiger partial charge is 0.388 e. The Kier molecular flexibility index (Phi) is 3.75. The SMILES string of the molecule is CCCC1CC(O)(C(C)(C)C#N)CCO1. The Morgan fingerprint density at radius 3 is 2.80 bits per heavy atom. The highest BCUT2D eigenvalue weighted by Crippen LogP contribution is 2.40. The van der Waals surface area contributed by atoms with Crippen molar-refractivity contribution in [1.82, 2.24) is 0 Å². The predicted molar refractivity (Wildman–Crippen MR) is 58.2 cm³/mol. The van der Waals surface area contributed by atoms with E-state index in [1.54, 1.807) is 13.8 Å². The van der Waals surface area contributed by atoms with Crippen LogP contribution in [0, 0.1) is 16.7 Å². The fourth-order valence-electron chi connectivity index (χ4n) is 2.11. The fraction of sp³-hybridized carbons (Fsp3) is 0.917. The zero-order valence-corrected chi connectivity index (χ0v) is 9.92. The molecule has 2 unspecified atom stereocenters. The molecule has 1 fully saturated rings. The first-order valence-electron chi connectivity index (χ1n) is 5.70. The van der Waals surface area contributed by atoms with Crippen LogP contribution >= 0.6 is 0 Å². The van der Waals surface area contributed by atoms with Crippen LogP contribution in [0.15, 0.2) is 0 Å². The van der Waals surface area contributed by atoms with Crippen molar-refractivity contribution in [2.24, 2.45) is 5.41 Å². The molecule has 0 aromatic carbocycles. The second-order valence-electron chi connectivity index (χ2n) is 5.00. The predicted octanol–water partition coefficient (Wildman–Crippen LogP) is 2.25. The lowest BCUT2D eigenvalue weighted by Crippen LogP contribution is -2.50. The molecule has 15 heavy (non-hydrogen) atoms. The van der Waals surface area contributed by atoms with E-state index in [0.717, 1.165) is 12.8 Å². The van der Waals surface area contributed by atoms with Gasteiger partial charge in [0.05, 0.1) is 23.2 Å². The Morgan fingerprint density at radius 1 is 1.60 bits per heavy atom. The molecule has 3 nitrogen and oxygen atoms in total. The smallest absolute Gasteiger partial charge is 0.0874 e. The third-order valence-corrected chi connectivity index (χ3v) is 3.49. The van der Waals surface area contributed by atoms with Crippen LogP contribution < -0.4 is 0 Å². The summed E-state index contributed by atoms with van der Waals surface area (Å²) in [6, 6.07) is 2.21. The number of hydrogen-bond donors (Lipinski definition) is 1. The molecule has 0 amide bonds. The second-order valence-corrected chi connectivity index (χ2v) is 5.00. The molecule has 0 spiro atoms. The van der Waals surface area contributed by atoms with E-state index in [4.69, 9.17) is 10.00 Å². The highest BCUT2D eigenvalue weighted by Gasteiger charge is 2.47. The van der Waals surface area contributed by atoms with Crippen molar-refractivity contribution in [3.63, 3.8) is 0 Å². The number of aliphatic hydroxyl groups is 1. The summed E-state index contributed by atoms with van der Waals surface area (Å²) in [6.07, 6.45) is 3.27. The zero-order chi connectivity index (χ0) is 11.5. The Hall–Kier alpha value is -0.590. The van der Waals surface area contributed by atoms with Crippen molar-refractivity contribution in [3.05, 3.63) is 0 Å². The molecule has 2 atom stereocenters. The first-order valence-corrected chi connectivity index (χ1v) is 5.70. The third kappa shape index (κ3) is 2.50. The van der Waals surface area contributed by atoms with Crippen LogP contribution in [0.1, 0.15) is 46.5 Å². The van der Waals surface area contributed by atoms with Gasteiger partial charge in [0.2, 0.25) is 0 Å². The normalized spacial score (nSPS) is 32.3. The molecule has 3 heteroatoms. The van der Waals surface area contributed by atoms with Gasteiger partial charge in [-0.3, -0.25) is 0 Å². The molecule has 1 aliphatic heterocycles. The minimum absolute atomic E-state index is 0.112. The molecule has 1 saturated heterocycles. The Balaban J connectivity index is 2.73. The zero-order valence-electron chi connectivity index (χ0n) is 9.92. The van der Waals surface area contributed by atoms with Crippen LogP contribution in [-0.4, -0.2) is 23.4 Å². The maximum Gasteiger partial charge on any atom is 0.0874 e. The summed E-state index contributed by atoms with van der Waals surface area (Å²) in [4.78, 5) is 0. The maximum atomic E-state index is 10.5. The van der Waals surface area contributed by atoms with Crippen LogP contribution in [0.5, 0.6) is 0 Å². The summed E-state index contributed by atoms with van der Waals surface area (Å²) >= 11 is 0. The van der Waals surface area contributed by atoms with Crippen molar-refractivity contribution < 1.29 is 9.84 Å². The van der Waals surface area contributed by atoms with Gasteiger partial charge < -0.3 is 9.84 Å². The minimum atomic E-state index is -0.889. The average molecular weight is 211 g/mol. The van der Waals surface area contributed by atoms with E-state index in [0.29, 0.717) is 19.4 Å². The van der Waals surface area contributed by atoms with Gasteiger partial charge in [-0.1, -0.05) is 13.3 Å². The standard InChI is InChI=1S/C12H21NO2/c1-4-5-10-8-12(14,6-7-15-10)11(2,3)9-13/h10,14H,4-8H2,1-3H3. The molecule has 0 bridgehead atoms. The van der Waals surface area contributed by atoms with Crippen LogP contribution in [0.25, 0.3) is 0 Å². The van der Waals surface area contributed by atoms with Crippen molar-refractivity contribution in [2.45, 2.75) is 58.2 Å². The summed E-state index contributed by atoms with van der Waals surface area (Å²) in [5, 5.41) is 19.6. The highest BCUT2D eigenvalue weighted by atomic mass is 16.5. The van der Waals surface area contributed by atoms with Gasteiger partial charge in [0.1, 0.15) is 0 Å². The lowest BCUT2D eigenvalue weighted by atomic mass is 9.70. The molecule has 1 heterocycles. The molecular formula is C12H21NO2. The fourth-order valence-corrected chi connectivity index (χ4v) is 2.11.